The number of anilines is 2. The van der Waals surface area contributed by atoms with Crippen molar-refractivity contribution in [2.75, 3.05) is 49.1 Å². The zero-order valence-electron chi connectivity index (χ0n) is 19.8. The first-order valence-electron chi connectivity index (χ1n) is 12.2. The minimum absolute atomic E-state index is 0.0401. The number of carbonyl (C=O) groups is 2. The van der Waals surface area contributed by atoms with Gasteiger partial charge in [0, 0.05) is 51.8 Å². The van der Waals surface area contributed by atoms with Gasteiger partial charge >= 0.3 is 0 Å². The van der Waals surface area contributed by atoms with Crippen LogP contribution in [0.4, 0.5) is 16.2 Å². The van der Waals surface area contributed by atoms with Gasteiger partial charge in [0.25, 0.3) is 5.91 Å². The Kier molecular flexibility index (Phi) is 6.10. The molecule has 2 amide bonds. The summed E-state index contributed by atoms with van der Waals surface area (Å²) in [6.07, 6.45) is 2.83. The highest BCUT2D eigenvalue weighted by atomic mass is 19.1. The molecule has 5 rings (SSSR count). The van der Waals surface area contributed by atoms with Crippen LogP contribution in [0.15, 0.2) is 24.3 Å². The molecule has 0 saturated carbocycles. The molecule has 3 aliphatic heterocycles. The highest BCUT2D eigenvalue weighted by molar-refractivity contribution is 5.98. The molecular weight excluding hydrogens is 435 g/mol. The van der Waals surface area contributed by atoms with Gasteiger partial charge in [-0.2, -0.15) is 4.98 Å². The molecule has 1 aromatic carbocycles. The van der Waals surface area contributed by atoms with Gasteiger partial charge in [0.2, 0.25) is 11.9 Å². The number of fused-ring (bicyclic) bond motifs is 1. The number of rotatable bonds is 5. The van der Waals surface area contributed by atoms with Crippen molar-refractivity contribution in [2.24, 2.45) is 0 Å². The summed E-state index contributed by atoms with van der Waals surface area (Å²) < 4.78 is 13.6. The molecular formula is C25H31FN6O2. The normalized spacial score (nSPS) is 20.3. The topological polar surface area (TPSA) is 72.9 Å². The fraction of sp³-hybridized carbons (Fsp3) is 0.520. The predicted octanol–water partition coefficient (Wildman–Crippen LogP) is 2.99. The molecule has 1 unspecified atom stereocenters. The van der Waals surface area contributed by atoms with E-state index in [4.69, 9.17) is 9.97 Å². The fourth-order valence-corrected chi connectivity index (χ4v) is 5.30. The van der Waals surface area contributed by atoms with Crippen molar-refractivity contribution in [3.05, 3.63) is 46.9 Å². The molecule has 2 aromatic rings. The van der Waals surface area contributed by atoms with Crippen LogP contribution in [0.3, 0.4) is 0 Å². The molecule has 0 spiro atoms. The van der Waals surface area contributed by atoms with Gasteiger partial charge in [0.05, 0.1) is 12.6 Å². The molecule has 2 fully saturated rings. The number of carbonyl (C=O) groups excluding carboxylic acids is 2. The molecule has 0 bridgehead atoms. The quantitative estimate of drug-likeness (QED) is 0.675. The van der Waals surface area contributed by atoms with Crippen molar-refractivity contribution in [1.29, 1.82) is 0 Å². The molecule has 2 saturated heterocycles. The van der Waals surface area contributed by atoms with Crippen molar-refractivity contribution in [3.8, 4) is 0 Å². The van der Waals surface area contributed by atoms with Gasteiger partial charge < -0.3 is 19.6 Å². The maximum atomic E-state index is 13.6. The second-order valence-corrected chi connectivity index (χ2v) is 9.30. The van der Waals surface area contributed by atoms with Crippen molar-refractivity contribution in [1.82, 2.24) is 19.8 Å². The summed E-state index contributed by atoms with van der Waals surface area (Å²) in [6, 6.07) is 6.77. The number of amides is 2. The van der Waals surface area contributed by atoms with Crippen LogP contribution in [0.25, 0.3) is 0 Å². The molecule has 0 N–H and O–H groups in total. The van der Waals surface area contributed by atoms with E-state index in [1.54, 1.807) is 6.92 Å². The van der Waals surface area contributed by atoms with Crippen molar-refractivity contribution >= 4 is 23.6 Å². The Morgan fingerprint density at radius 1 is 1.09 bits per heavy atom. The lowest BCUT2D eigenvalue weighted by Gasteiger charge is -2.35. The number of hydrogen-bond acceptors (Lipinski definition) is 6. The lowest BCUT2D eigenvalue weighted by Crippen LogP contribution is -2.48. The van der Waals surface area contributed by atoms with Crippen LogP contribution >= 0.6 is 0 Å². The first-order chi connectivity index (χ1) is 16.5. The Hall–Kier alpha value is -3.23. The van der Waals surface area contributed by atoms with E-state index in [2.05, 4.69) is 16.7 Å². The largest absolute Gasteiger partial charge is 0.349 e. The third kappa shape index (κ3) is 4.08. The van der Waals surface area contributed by atoms with E-state index >= 15 is 0 Å². The molecule has 34 heavy (non-hydrogen) atoms. The van der Waals surface area contributed by atoms with Crippen molar-refractivity contribution in [2.45, 2.75) is 45.7 Å². The van der Waals surface area contributed by atoms with Crippen LogP contribution in [0, 0.1) is 5.82 Å². The lowest BCUT2D eigenvalue weighted by molar-refractivity contribution is -0.129. The monoisotopic (exact) mass is 466 g/mol. The first kappa shape index (κ1) is 22.6. The summed E-state index contributed by atoms with van der Waals surface area (Å²) in [7, 11) is 0. The van der Waals surface area contributed by atoms with E-state index in [0.717, 1.165) is 42.8 Å². The zero-order chi connectivity index (χ0) is 23.8. The standard InChI is InChI=1S/C25H31FN6O2/c1-3-10-31-16-20-22(24(31)34)27-25(30-14-12-29(13-15-30)17(2)33)28-23(20)32-11-4-5-21(32)18-6-8-19(26)9-7-18/h6-9,21H,3-5,10-16H2,1-2H3. The van der Waals surface area contributed by atoms with Gasteiger partial charge in [-0.15, -0.1) is 0 Å². The Morgan fingerprint density at radius 3 is 2.50 bits per heavy atom. The van der Waals surface area contributed by atoms with E-state index in [0.29, 0.717) is 50.9 Å². The second-order valence-electron chi connectivity index (χ2n) is 9.30. The van der Waals surface area contributed by atoms with Crippen molar-refractivity contribution < 1.29 is 14.0 Å². The molecule has 1 aromatic heterocycles. The van der Waals surface area contributed by atoms with Crippen LogP contribution in [0.2, 0.25) is 0 Å². The van der Waals surface area contributed by atoms with Crippen LogP contribution in [0.1, 0.15) is 60.8 Å². The van der Waals surface area contributed by atoms with Gasteiger partial charge in [-0.25, -0.2) is 9.37 Å². The Bertz CT molecular complexity index is 1080. The lowest BCUT2D eigenvalue weighted by atomic mass is 10.0. The average Bonchev–Trinajstić information content (AvgIpc) is 3.45. The predicted molar refractivity (Wildman–Crippen MR) is 127 cm³/mol. The number of piperazine rings is 1. The Morgan fingerprint density at radius 2 is 1.82 bits per heavy atom. The van der Waals surface area contributed by atoms with Gasteiger partial charge in [-0.1, -0.05) is 19.1 Å². The number of benzene rings is 1. The maximum absolute atomic E-state index is 13.6. The number of aromatic nitrogens is 2. The molecule has 9 heteroatoms. The van der Waals surface area contributed by atoms with Gasteiger partial charge in [-0.3, -0.25) is 9.59 Å². The van der Waals surface area contributed by atoms with E-state index in [-0.39, 0.29) is 23.7 Å². The summed E-state index contributed by atoms with van der Waals surface area (Å²) in [5, 5.41) is 0. The number of nitrogens with zero attached hydrogens (tertiary/aromatic N) is 6. The van der Waals surface area contributed by atoms with E-state index < -0.39 is 0 Å². The molecule has 8 nitrogen and oxygen atoms in total. The highest BCUT2D eigenvalue weighted by Gasteiger charge is 2.38. The van der Waals surface area contributed by atoms with Gasteiger partial charge in [-0.05, 0) is 37.0 Å². The third-order valence-corrected chi connectivity index (χ3v) is 7.09. The molecule has 1 atom stereocenters. The highest BCUT2D eigenvalue weighted by Crippen LogP contribution is 2.40. The van der Waals surface area contributed by atoms with Crippen LogP contribution in [0.5, 0.6) is 0 Å². The third-order valence-electron chi connectivity index (χ3n) is 7.09. The summed E-state index contributed by atoms with van der Waals surface area (Å²) >= 11 is 0. The number of hydrogen-bond donors (Lipinski definition) is 0. The maximum Gasteiger partial charge on any atom is 0.273 e. The second kappa shape index (κ2) is 9.19. The SMILES string of the molecule is CCCN1Cc2c(nc(N3CCN(C(C)=O)CC3)nc2N2CCCC2c2ccc(F)cc2)C1=O. The fourth-order valence-electron chi connectivity index (χ4n) is 5.30. The van der Waals surface area contributed by atoms with Crippen molar-refractivity contribution in [3.63, 3.8) is 0 Å². The molecule has 0 aliphatic carbocycles. The van der Waals surface area contributed by atoms with Gasteiger partial charge in [0.1, 0.15) is 17.3 Å². The summed E-state index contributed by atoms with van der Waals surface area (Å²) in [6.45, 7) is 8.16. The van der Waals surface area contributed by atoms with E-state index in [1.807, 2.05) is 21.9 Å². The minimum Gasteiger partial charge on any atom is -0.349 e. The summed E-state index contributed by atoms with van der Waals surface area (Å²) in [5.74, 6) is 1.15. The van der Waals surface area contributed by atoms with E-state index in [1.165, 1.54) is 12.1 Å². The summed E-state index contributed by atoms with van der Waals surface area (Å²) in [5.41, 5.74) is 2.43. The van der Waals surface area contributed by atoms with Crippen LogP contribution in [-0.4, -0.2) is 70.9 Å². The summed E-state index contributed by atoms with van der Waals surface area (Å²) in [4.78, 5) is 42.8. The average molecular weight is 467 g/mol. The Labute approximate surface area is 199 Å². The smallest absolute Gasteiger partial charge is 0.273 e. The molecule has 180 valence electrons. The zero-order valence-corrected chi connectivity index (χ0v) is 19.8. The first-order valence-corrected chi connectivity index (χ1v) is 12.2. The minimum atomic E-state index is -0.246. The Balaban J connectivity index is 1.52. The molecule has 0 radical (unpaired) electrons. The van der Waals surface area contributed by atoms with Gasteiger partial charge in [0.15, 0.2) is 0 Å². The number of halogens is 1. The van der Waals surface area contributed by atoms with Crippen LogP contribution in [-0.2, 0) is 11.3 Å². The van der Waals surface area contributed by atoms with Crippen LogP contribution < -0.4 is 9.80 Å². The molecule has 3 aliphatic rings. The molecule has 4 heterocycles. The van der Waals surface area contributed by atoms with E-state index in [9.17, 15) is 14.0 Å².